The van der Waals surface area contributed by atoms with E-state index in [1.54, 1.807) is 0 Å². The number of piperidine rings is 1. The van der Waals surface area contributed by atoms with E-state index in [1.807, 2.05) is 30.3 Å². The molecule has 2 aliphatic heterocycles. The van der Waals surface area contributed by atoms with Gasteiger partial charge in [0.15, 0.2) is 0 Å². The molecule has 0 aromatic heterocycles. The van der Waals surface area contributed by atoms with E-state index in [4.69, 9.17) is 9.47 Å². The zero-order chi connectivity index (χ0) is 12.9. The molecule has 2 aliphatic rings. The second-order valence-electron chi connectivity index (χ2n) is 5.59. The van der Waals surface area contributed by atoms with Gasteiger partial charge in [-0.25, -0.2) is 0 Å². The summed E-state index contributed by atoms with van der Waals surface area (Å²) in [5, 5.41) is 3.67. The first kappa shape index (κ1) is 12.9. The Morgan fingerprint density at radius 1 is 1.05 bits per heavy atom. The third-order valence-electron chi connectivity index (χ3n) is 4.27. The lowest BCUT2D eigenvalue weighted by Crippen LogP contribution is -2.47. The van der Waals surface area contributed by atoms with Crippen LogP contribution in [-0.4, -0.2) is 31.9 Å². The quantitative estimate of drug-likeness (QED) is 0.907. The second kappa shape index (κ2) is 6.40. The molecule has 3 rings (SSSR count). The molecule has 0 radical (unpaired) electrons. The molecule has 2 atom stereocenters. The van der Waals surface area contributed by atoms with Crippen molar-refractivity contribution in [3.05, 3.63) is 30.3 Å². The third-order valence-corrected chi connectivity index (χ3v) is 4.27. The van der Waals surface area contributed by atoms with Gasteiger partial charge in [-0.2, -0.15) is 0 Å². The normalized spacial score (nSPS) is 29.1. The highest BCUT2D eigenvalue weighted by molar-refractivity contribution is 5.21. The van der Waals surface area contributed by atoms with E-state index < -0.39 is 0 Å². The van der Waals surface area contributed by atoms with Crippen molar-refractivity contribution in [2.45, 2.75) is 37.8 Å². The van der Waals surface area contributed by atoms with Crippen molar-refractivity contribution < 1.29 is 9.47 Å². The molecule has 0 spiro atoms. The monoisotopic (exact) mass is 261 g/mol. The van der Waals surface area contributed by atoms with Gasteiger partial charge in [-0.1, -0.05) is 18.2 Å². The number of hydrogen-bond donors (Lipinski definition) is 1. The molecule has 3 heteroatoms. The van der Waals surface area contributed by atoms with Crippen molar-refractivity contribution >= 4 is 0 Å². The van der Waals surface area contributed by atoms with E-state index in [-0.39, 0.29) is 0 Å². The fraction of sp³-hybridized carbons (Fsp3) is 0.625. The van der Waals surface area contributed by atoms with E-state index in [0.29, 0.717) is 12.1 Å². The molecule has 0 amide bonds. The highest BCUT2D eigenvalue weighted by Crippen LogP contribution is 2.26. The maximum absolute atomic E-state index is 6.11. The first-order valence-corrected chi connectivity index (χ1v) is 7.44. The maximum Gasteiger partial charge on any atom is 0.119 e. The summed E-state index contributed by atoms with van der Waals surface area (Å²) in [5.41, 5.74) is 0. The van der Waals surface area contributed by atoms with Crippen LogP contribution in [0.3, 0.4) is 0 Å². The molecule has 0 saturated carbocycles. The lowest BCUT2D eigenvalue weighted by atomic mass is 9.85. The Bertz CT molecular complexity index is 376. The van der Waals surface area contributed by atoms with Crippen molar-refractivity contribution in [3.8, 4) is 5.75 Å². The molecule has 1 N–H and O–H groups in total. The molecule has 3 nitrogen and oxygen atoms in total. The van der Waals surface area contributed by atoms with Crippen molar-refractivity contribution in [2.75, 3.05) is 19.8 Å². The highest BCUT2D eigenvalue weighted by Gasteiger charge is 2.30. The van der Waals surface area contributed by atoms with Gasteiger partial charge in [0.05, 0.1) is 0 Å². The second-order valence-corrected chi connectivity index (χ2v) is 5.59. The van der Waals surface area contributed by atoms with Gasteiger partial charge in [0.1, 0.15) is 11.9 Å². The van der Waals surface area contributed by atoms with Crippen LogP contribution in [0, 0.1) is 5.92 Å². The van der Waals surface area contributed by atoms with Crippen molar-refractivity contribution in [3.63, 3.8) is 0 Å². The molecule has 0 bridgehead atoms. The molecule has 2 unspecified atom stereocenters. The topological polar surface area (TPSA) is 30.5 Å². The van der Waals surface area contributed by atoms with Gasteiger partial charge in [0.25, 0.3) is 0 Å². The lowest BCUT2D eigenvalue weighted by Gasteiger charge is -2.37. The summed E-state index contributed by atoms with van der Waals surface area (Å²) >= 11 is 0. The summed E-state index contributed by atoms with van der Waals surface area (Å²) in [4.78, 5) is 0. The van der Waals surface area contributed by atoms with Crippen LogP contribution in [0.4, 0.5) is 0 Å². The Balaban J connectivity index is 1.55. The van der Waals surface area contributed by atoms with E-state index in [2.05, 4.69) is 5.32 Å². The zero-order valence-electron chi connectivity index (χ0n) is 11.4. The molecule has 0 aliphatic carbocycles. The summed E-state index contributed by atoms with van der Waals surface area (Å²) in [7, 11) is 0. The standard InChI is InChI=1S/C16H23NO2/c1-2-4-14(5-3-1)19-15-6-9-17-16(12-15)13-7-10-18-11-8-13/h1-5,13,15-17H,6-12H2. The first-order chi connectivity index (χ1) is 9.42. The molecule has 19 heavy (non-hydrogen) atoms. The Labute approximate surface area is 115 Å². The largest absolute Gasteiger partial charge is 0.490 e. The summed E-state index contributed by atoms with van der Waals surface area (Å²) in [6.45, 7) is 2.92. The predicted octanol–water partition coefficient (Wildman–Crippen LogP) is 2.61. The number of benzene rings is 1. The summed E-state index contributed by atoms with van der Waals surface area (Å²) in [5.74, 6) is 1.76. The molecule has 2 saturated heterocycles. The van der Waals surface area contributed by atoms with Crippen molar-refractivity contribution in [2.24, 2.45) is 5.92 Å². The van der Waals surface area contributed by atoms with Gasteiger partial charge in [-0.05, 0) is 50.3 Å². The van der Waals surface area contributed by atoms with Gasteiger partial charge in [0.2, 0.25) is 0 Å². The van der Waals surface area contributed by atoms with Crippen LogP contribution in [-0.2, 0) is 4.74 Å². The summed E-state index contributed by atoms with van der Waals surface area (Å²) < 4.78 is 11.6. The average molecular weight is 261 g/mol. The molecule has 1 aromatic carbocycles. The SMILES string of the molecule is c1ccc(OC2CCNC(C3CCOCC3)C2)cc1. The van der Waals surface area contributed by atoms with E-state index >= 15 is 0 Å². The van der Waals surface area contributed by atoms with Crippen LogP contribution in [0.25, 0.3) is 0 Å². The minimum absolute atomic E-state index is 0.358. The van der Waals surface area contributed by atoms with Crippen LogP contribution in [0.5, 0.6) is 5.75 Å². The fourth-order valence-corrected chi connectivity index (χ4v) is 3.19. The van der Waals surface area contributed by atoms with Gasteiger partial charge in [-0.3, -0.25) is 0 Å². The third kappa shape index (κ3) is 3.48. The lowest BCUT2D eigenvalue weighted by molar-refractivity contribution is 0.0367. The van der Waals surface area contributed by atoms with E-state index in [1.165, 1.54) is 12.8 Å². The molecule has 2 heterocycles. The smallest absolute Gasteiger partial charge is 0.119 e. The zero-order valence-corrected chi connectivity index (χ0v) is 11.4. The van der Waals surface area contributed by atoms with Crippen LogP contribution >= 0.6 is 0 Å². The average Bonchev–Trinajstić information content (AvgIpc) is 2.49. The number of ether oxygens (including phenoxy) is 2. The number of rotatable bonds is 3. The van der Waals surface area contributed by atoms with Gasteiger partial charge in [0, 0.05) is 19.3 Å². The van der Waals surface area contributed by atoms with Crippen LogP contribution < -0.4 is 10.1 Å². The van der Waals surface area contributed by atoms with E-state index in [9.17, 15) is 0 Å². The number of para-hydroxylation sites is 1. The molecule has 104 valence electrons. The summed E-state index contributed by atoms with van der Waals surface area (Å²) in [6.07, 6.45) is 4.97. The molecule has 1 aromatic rings. The van der Waals surface area contributed by atoms with Crippen LogP contribution in [0.15, 0.2) is 30.3 Å². The Morgan fingerprint density at radius 3 is 2.63 bits per heavy atom. The molecular weight excluding hydrogens is 238 g/mol. The number of hydrogen-bond acceptors (Lipinski definition) is 3. The van der Waals surface area contributed by atoms with Gasteiger partial charge in [-0.15, -0.1) is 0 Å². The van der Waals surface area contributed by atoms with Crippen LogP contribution in [0.1, 0.15) is 25.7 Å². The Morgan fingerprint density at radius 2 is 1.84 bits per heavy atom. The Hall–Kier alpha value is -1.06. The highest BCUT2D eigenvalue weighted by atomic mass is 16.5. The van der Waals surface area contributed by atoms with Crippen molar-refractivity contribution in [1.29, 1.82) is 0 Å². The summed E-state index contributed by atoms with van der Waals surface area (Å²) in [6, 6.07) is 10.8. The maximum atomic E-state index is 6.11. The molecule has 2 fully saturated rings. The Kier molecular flexibility index (Phi) is 4.36. The van der Waals surface area contributed by atoms with Gasteiger partial charge >= 0.3 is 0 Å². The minimum Gasteiger partial charge on any atom is -0.490 e. The van der Waals surface area contributed by atoms with E-state index in [0.717, 1.165) is 44.3 Å². The molecular formula is C16H23NO2. The van der Waals surface area contributed by atoms with Crippen molar-refractivity contribution in [1.82, 2.24) is 5.32 Å². The predicted molar refractivity (Wildman–Crippen MR) is 75.4 cm³/mol. The van der Waals surface area contributed by atoms with Crippen LogP contribution in [0.2, 0.25) is 0 Å². The number of nitrogens with one attached hydrogen (secondary N) is 1. The fourth-order valence-electron chi connectivity index (χ4n) is 3.19. The minimum atomic E-state index is 0.358. The van der Waals surface area contributed by atoms with Gasteiger partial charge < -0.3 is 14.8 Å². The first-order valence-electron chi connectivity index (χ1n) is 7.44.